The normalized spacial score (nSPS) is 12.3. The van der Waals surface area contributed by atoms with Crippen LogP contribution in [0.4, 0.5) is 11.5 Å². The first-order chi connectivity index (χ1) is 16.8. The predicted octanol–water partition coefficient (Wildman–Crippen LogP) is 3.73. The second-order valence-electron chi connectivity index (χ2n) is 7.56. The average molecular weight is 510 g/mol. The second kappa shape index (κ2) is 10.3. The molecule has 1 amide bonds. The second-order valence-corrected chi connectivity index (χ2v) is 10.5. The van der Waals surface area contributed by atoms with E-state index in [4.69, 9.17) is 0 Å². The first kappa shape index (κ1) is 24.4. The van der Waals surface area contributed by atoms with E-state index in [0.717, 1.165) is 0 Å². The Morgan fingerprint density at radius 1 is 1.06 bits per heavy atom. The summed E-state index contributed by atoms with van der Waals surface area (Å²) in [6.07, 6.45) is 1.49. The molecule has 1 atom stereocenters. The molecule has 0 aliphatic rings. The van der Waals surface area contributed by atoms with Crippen LogP contribution in [0.3, 0.4) is 0 Å². The van der Waals surface area contributed by atoms with E-state index in [1.54, 1.807) is 47.9 Å². The molecule has 11 heteroatoms. The molecule has 0 saturated heterocycles. The molecule has 0 radical (unpaired) electrons. The van der Waals surface area contributed by atoms with Gasteiger partial charge in [0.1, 0.15) is 5.82 Å². The number of sulfonamides is 1. The minimum absolute atomic E-state index is 0.0379. The lowest BCUT2D eigenvalue weighted by molar-refractivity contribution is -0.115. The summed E-state index contributed by atoms with van der Waals surface area (Å²) in [6.45, 7) is 4.00. The summed E-state index contributed by atoms with van der Waals surface area (Å²) < 4.78 is 29.1. The van der Waals surface area contributed by atoms with E-state index < -0.39 is 15.3 Å². The number of hydrogen-bond donors (Lipinski definition) is 2. The number of nitrogens with zero attached hydrogens (tertiary/aromatic N) is 3. The highest BCUT2D eigenvalue weighted by molar-refractivity contribution is 8.00. The lowest BCUT2D eigenvalue weighted by atomic mass is 10.2. The standard InChI is InChI=1S/C24H23N5O4S2/c1-3-29-23(31)19-8-4-5-9-20(19)27-24(29)34-16(2)22(30)26-17-11-13-18(14-12-17)35(32,33)28-21-10-6-7-15-25-21/h4-16H,3H2,1-2H3,(H,25,28)(H,26,30). The third kappa shape index (κ3) is 5.52. The number of thioether (sulfide) groups is 1. The van der Waals surface area contributed by atoms with Crippen molar-refractivity contribution >= 4 is 50.1 Å². The van der Waals surface area contributed by atoms with Gasteiger partial charge in [0.05, 0.1) is 21.0 Å². The lowest BCUT2D eigenvalue weighted by Crippen LogP contribution is -2.26. The van der Waals surface area contributed by atoms with Crippen molar-refractivity contribution in [3.8, 4) is 0 Å². The maximum absolute atomic E-state index is 12.8. The first-order valence-electron chi connectivity index (χ1n) is 10.8. The number of rotatable bonds is 8. The SMILES string of the molecule is CCn1c(SC(C)C(=O)Nc2ccc(S(=O)(=O)Nc3ccccn3)cc2)nc2ccccc2c1=O. The number of carbonyl (C=O) groups is 1. The van der Waals surface area contributed by atoms with Crippen LogP contribution in [0.25, 0.3) is 10.9 Å². The van der Waals surface area contributed by atoms with Crippen LogP contribution in [-0.2, 0) is 21.4 Å². The molecule has 35 heavy (non-hydrogen) atoms. The monoisotopic (exact) mass is 509 g/mol. The number of amides is 1. The van der Waals surface area contributed by atoms with E-state index in [1.807, 2.05) is 13.0 Å². The molecule has 0 spiro atoms. The molecule has 0 aliphatic heterocycles. The number of pyridine rings is 1. The average Bonchev–Trinajstić information content (AvgIpc) is 2.85. The Kier molecular flexibility index (Phi) is 7.17. The van der Waals surface area contributed by atoms with Crippen molar-refractivity contribution in [2.75, 3.05) is 10.0 Å². The Morgan fingerprint density at radius 2 is 1.77 bits per heavy atom. The summed E-state index contributed by atoms with van der Waals surface area (Å²) in [5.41, 5.74) is 0.872. The summed E-state index contributed by atoms with van der Waals surface area (Å²) in [5, 5.41) is 3.21. The van der Waals surface area contributed by atoms with Crippen molar-refractivity contribution in [2.45, 2.75) is 35.7 Å². The number of hydrogen-bond acceptors (Lipinski definition) is 7. The van der Waals surface area contributed by atoms with E-state index in [9.17, 15) is 18.0 Å². The van der Waals surface area contributed by atoms with Crippen LogP contribution in [0.5, 0.6) is 0 Å². The fourth-order valence-corrected chi connectivity index (χ4v) is 5.29. The van der Waals surface area contributed by atoms with Crippen LogP contribution in [0, 0.1) is 0 Å². The molecule has 0 bridgehead atoms. The summed E-state index contributed by atoms with van der Waals surface area (Å²) in [5.74, 6) is -0.0918. The van der Waals surface area contributed by atoms with Crippen LogP contribution >= 0.6 is 11.8 Å². The number of nitrogens with one attached hydrogen (secondary N) is 2. The van der Waals surface area contributed by atoms with Gasteiger partial charge in [-0.05, 0) is 62.4 Å². The minimum atomic E-state index is -3.82. The Hall–Kier alpha value is -3.70. The maximum atomic E-state index is 12.8. The van der Waals surface area contributed by atoms with E-state index in [2.05, 4.69) is 20.0 Å². The Labute approximate surface area is 206 Å². The molecule has 2 aromatic carbocycles. The van der Waals surface area contributed by atoms with Crippen LogP contribution in [0.1, 0.15) is 13.8 Å². The van der Waals surface area contributed by atoms with Crippen LogP contribution in [-0.4, -0.2) is 34.1 Å². The van der Waals surface area contributed by atoms with Gasteiger partial charge in [-0.15, -0.1) is 0 Å². The topological polar surface area (TPSA) is 123 Å². The number of anilines is 2. The largest absolute Gasteiger partial charge is 0.325 e. The molecule has 2 heterocycles. The van der Waals surface area contributed by atoms with E-state index >= 15 is 0 Å². The molecule has 2 N–H and O–H groups in total. The molecule has 0 saturated carbocycles. The molecule has 9 nitrogen and oxygen atoms in total. The zero-order valence-corrected chi connectivity index (χ0v) is 20.6. The third-order valence-electron chi connectivity index (χ3n) is 5.13. The molecule has 2 aromatic heterocycles. The van der Waals surface area contributed by atoms with E-state index in [-0.39, 0.29) is 22.2 Å². The third-order valence-corrected chi connectivity index (χ3v) is 7.59. The molecule has 4 rings (SSSR count). The predicted molar refractivity (Wildman–Crippen MR) is 137 cm³/mol. The van der Waals surface area contributed by atoms with Crippen molar-refractivity contribution < 1.29 is 13.2 Å². The van der Waals surface area contributed by atoms with Gasteiger partial charge in [0.25, 0.3) is 15.6 Å². The molecular formula is C24H23N5O4S2. The Morgan fingerprint density at radius 3 is 2.46 bits per heavy atom. The zero-order chi connectivity index (χ0) is 25.0. The quantitative estimate of drug-likeness (QED) is 0.274. The molecule has 0 fully saturated rings. The molecule has 180 valence electrons. The Bertz CT molecular complexity index is 1520. The van der Waals surface area contributed by atoms with E-state index in [0.29, 0.717) is 28.3 Å². The van der Waals surface area contributed by atoms with Crippen LogP contribution in [0.15, 0.2) is 87.8 Å². The van der Waals surface area contributed by atoms with Crippen molar-refractivity contribution in [1.29, 1.82) is 0 Å². The van der Waals surface area contributed by atoms with E-state index in [1.165, 1.54) is 42.2 Å². The summed E-state index contributed by atoms with van der Waals surface area (Å²) in [6, 6.07) is 17.8. The highest BCUT2D eigenvalue weighted by Crippen LogP contribution is 2.24. The lowest BCUT2D eigenvalue weighted by Gasteiger charge is -2.15. The number of para-hydroxylation sites is 1. The molecule has 4 aromatic rings. The van der Waals surface area contributed by atoms with Crippen LogP contribution in [0.2, 0.25) is 0 Å². The van der Waals surface area contributed by atoms with Crippen molar-refractivity contribution in [3.63, 3.8) is 0 Å². The molecule has 1 unspecified atom stereocenters. The minimum Gasteiger partial charge on any atom is -0.325 e. The number of benzene rings is 2. The van der Waals surface area contributed by atoms with Gasteiger partial charge < -0.3 is 5.32 Å². The van der Waals surface area contributed by atoms with Crippen molar-refractivity contribution in [1.82, 2.24) is 14.5 Å². The summed E-state index contributed by atoms with van der Waals surface area (Å²) in [4.78, 5) is 34.2. The van der Waals surface area contributed by atoms with Gasteiger partial charge in [-0.25, -0.2) is 18.4 Å². The molecular weight excluding hydrogens is 486 g/mol. The maximum Gasteiger partial charge on any atom is 0.263 e. The van der Waals surface area contributed by atoms with Gasteiger partial charge in [-0.3, -0.25) is 18.9 Å². The van der Waals surface area contributed by atoms with Crippen molar-refractivity contribution in [3.05, 3.63) is 83.3 Å². The highest BCUT2D eigenvalue weighted by atomic mass is 32.2. The van der Waals surface area contributed by atoms with Gasteiger partial charge in [0, 0.05) is 18.4 Å². The highest BCUT2D eigenvalue weighted by Gasteiger charge is 2.20. The van der Waals surface area contributed by atoms with Gasteiger partial charge in [0.15, 0.2) is 5.16 Å². The van der Waals surface area contributed by atoms with Gasteiger partial charge in [-0.1, -0.05) is 30.0 Å². The van der Waals surface area contributed by atoms with Crippen LogP contribution < -0.4 is 15.6 Å². The van der Waals surface area contributed by atoms with Gasteiger partial charge in [-0.2, -0.15) is 0 Å². The van der Waals surface area contributed by atoms with Crippen molar-refractivity contribution in [2.24, 2.45) is 0 Å². The first-order valence-corrected chi connectivity index (χ1v) is 13.2. The summed E-state index contributed by atoms with van der Waals surface area (Å²) in [7, 11) is -3.82. The fourth-order valence-electron chi connectivity index (χ4n) is 3.31. The number of fused-ring (bicyclic) bond motifs is 1. The fraction of sp³-hybridized carbons (Fsp3) is 0.167. The summed E-state index contributed by atoms with van der Waals surface area (Å²) >= 11 is 1.19. The number of carbonyl (C=O) groups excluding carboxylic acids is 1. The van der Waals surface area contributed by atoms with Gasteiger partial charge >= 0.3 is 0 Å². The number of aromatic nitrogens is 3. The zero-order valence-electron chi connectivity index (χ0n) is 19.0. The smallest absolute Gasteiger partial charge is 0.263 e. The Balaban J connectivity index is 1.46. The molecule has 0 aliphatic carbocycles. The van der Waals surface area contributed by atoms with Gasteiger partial charge in [0.2, 0.25) is 5.91 Å².